The maximum absolute atomic E-state index is 13.6. The summed E-state index contributed by atoms with van der Waals surface area (Å²) in [5.74, 6) is -1.04. The summed E-state index contributed by atoms with van der Waals surface area (Å²) >= 11 is 0. The predicted molar refractivity (Wildman–Crippen MR) is 152 cm³/mol. The quantitative estimate of drug-likeness (QED) is 0.264. The van der Waals surface area contributed by atoms with Crippen LogP contribution in [0.1, 0.15) is 79.1 Å². The molecule has 0 unspecified atom stereocenters. The molecule has 6 rings (SSSR count). The minimum absolute atomic E-state index is 0.0487. The van der Waals surface area contributed by atoms with Crippen LogP contribution in [0.2, 0.25) is 0 Å². The van der Waals surface area contributed by atoms with Crippen molar-refractivity contribution < 1.29 is 13.6 Å². The minimum atomic E-state index is -2.60. The summed E-state index contributed by atoms with van der Waals surface area (Å²) in [6, 6.07) is 11.8. The van der Waals surface area contributed by atoms with Crippen LogP contribution in [0.15, 0.2) is 36.5 Å². The molecule has 42 heavy (non-hydrogen) atoms. The number of aromatic amines is 1. The number of anilines is 2. The lowest BCUT2D eigenvalue weighted by atomic mass is 9.91. The molecule has 2 heterocycles. The molecule has 0 saturated heterocycles. The molecule has 220 valence electrons. The molecule has 2 saturated carbocycles. The number of hydrogen-bond acceptors (Lipinski definition) is 7. The van der Waals surface area contributed by atoms with E-state index in [1.165, 1.54) is 5.56 Å². The molecule has 2 aromatic heterocycles. The van der Waals surface area contributed by atoms with Crippen LogP contribution in [0.4, 0.5) is 25.2 Å². The van der Waals surface area contributed by atoms with E-state index >= 15 is 0 Å². The monoisotopic (exact) mass is 575 g/mol. The second-order valence-corrected chi connectivity index (χ2v) is 11.7. The zero-order valence-corrected chi connectivity index (χ0v) is 23.3. The van der Waals surface area contributed by atoms with Crippen LogP contribution in [0.3, 0.4) is 0 Å². The first-order valence-electron chi connectivity index (χ1n) is 14.7. The largest absolute Gasteiger partial charge is 0.335 e. The van der Waals surface area contributed by atoms with E-state index < -0.39 is 5.92 Å². The third-order valence-corrected chi connectivity index (χ3v) is 8.62. The highest BCUT2D eigenvalue weighted by atomic mass is 19.3. The van der Waals surface area contributed by atoms with Crippen molar-refractivity contribution in [3.63, 3.8) is 0 Å². The Labute approximate surface area is 243 Å². The van der Waals surface area contributed by atoms with Gasteiger partial charge in [-0.3, -0.25) is 5.10 Å². The Morgan fingerprint density at radius 2 is 1.79 bits per heavy atom. The molecular formula is C30H35F2N9O. The van der Waals surface area contributed by atoms with Gasteiger partial charge in [0.25, 0.3) is 0 Å². The molecule has 0 aliphatic heterocycles. The maximum atomic E-state index is 13.6. The summed E-state index contributed by atoms with van der Waals surface area (Å²) in [5.41, 5.74) is 3.70. The minimum Gasteiger partial charge on any atom is -0.335 e. The molecule has 2 fully saturated rings. The number of aromatic nitrogens is 4. The van der Waals surface area contributed by atoms with E-state index in [-0.39, 0.29) is 36.9 Å². The maximum Gasteiger partial charge on any atom is 0.315 e. The number of nitrogens with one attached hydrogen (secondary N) is 5. The number of H-pyrrole nitrogens is 1. The highest BCUT2D eigenvalue weighted by Gasteiger charge is 2.40. The van der Waals surface area contributed by atoms with Gasteiger partial charge >= 0.3 is 6.03 Å². The Kier molecular flexibility index (Phi) is 8.02. The molecule has 12 heteroatoms. The van der Waals surface area contributed by atoms with Gasteiger partial charge in [-0.2, -0.15) is 10.4 Å². The lowest BCUT2D eigenvalue weighted by Gasteiger charge is -2.30. The van der Waals surface area contributed by atoms with Gasteiger partial charge in [-0.1, -0.05) is 6.07 Å². The van der Waals surface area contributed by atoms with Gasteiger partial charge in [0.1, 0.15) is 11.6 Å². The molecule has 0 spiro atoms. The van der Waals surface area contributed by atoms with E-state index in [4.69, 9.17) is 5.26 Å². The molecule has 3 aliphatic carbocycles. The predicted octanol–water partition coefficient (Wildman–Crippen LogP) is 4.59. The van der Waals surface area contributed by atoms with Crippen LogP contribution in [-0.2, 0) is 19.4 Å². The number of hydrogen-bond donors (Lipinski definition) is 5. The Morgan fingerprint density at radius 1 is 1.00 bits per heavy atom. The molecule has 0 bridgehead atoms. The van der Waals surface area contributed by atoms with Crippen LogP contribution in [0.5, 0.6) is 0 Å². The van der Waals surface area contributed by atoms with E-state index in [2.05, 4.69) is 47.5 Å². The summed E-state index contributed by atoms with van der Waals surface area (Å²) in [7, 11) is 0. The van der Waals surface area contributed by atoms with Crippen molar-refractivity contribution in [1.82, 2.24) is 36.1 Å². The van der Waals surface area contributed by atoms with E-state index in [1.54, 1.807) is 18.3 Å². The van der Waals surface area contributed by atoms with E-state index in [9.17, 15) is 13.6 Å². The van der Waals surface area contributed by atoms with Crippen molar-refractivity contribution in [3.8, 4) is 6.07 Å². The number of amides is 2. The Morgan fingerprint density at radius 3 is 2.57 bits per heavy atom. The number of benzene rings is 1. The third-order valence-electron chi connectivity index (χ3n) is 8.62. The topological polar surface area (TPSA) is 143 Å². The molecule has 0 radical (unpaired) electrons. The van der Waals surface area contributed by atoms with Crippen molar-refractivity contribution >= 4 is 17.7 Å². The highest BCUT2D eigenvalue weighted by Crippen LogP contribution is 2.44. The van der Waals surface area contributed by atoms with Crippen molar-refractivity contribution in [2.45, 2.75) is 94.3 Å². The normalized spacial score (nSPS) is 24.5. The van der Waals surface area contributed by atoms with Crippen molar-refractivity contribution in [1.29, 1.82) is 5.26 Å². The van der Waals surface area contributed by atoms with Gasteiger partial charge in [0, 0.05) is 54.8 Å². The van der Waals surface area contributed by atoms with Crippen molar-refractivity contribution in [3.05, 3.63) is 64.7 Å². The number of urea groups is 1. The van der Waals surface area contributed by atoms with Crippen LogP contribution in [0, 0.1) is 11.3 Å². The lowest BCUT2D eigenvalue weighted by molar-refractivity contribution is 0.00765. The number of halogens is 2. The van der Waals surface area contributed by atoms with Gasteiger partial charge in [0.05, 0.1) is 18.2 Å². The fourth-order valence-corrected chi connectivity index (χ4v) is 6.39. The van der Waals surface area contributed by atoms with Gasteiger partial charge in [-0.05, 0) is 74.3 Å². The summed E-state index contributed by atoms with van der Waals surface area (Å²) in [5, 5.41) is 29.1. The summed E-state index contributed by atoms with van der Waals surface area (Å²) in [4.78, 5) is 21.6. The first-order valence-corrected chi connectivity index (χ1v) is 14.7. The average molecular weight is 576 g/mol. The zero-order chi connectivity index (χ0) is 29.1. The van der Waals surface area contributed by atoms with E-state index in [0.717, 1.165) is 44.1 Å². The molecule has 2 atom stereocenters. The van der Waals surface area contributed by atoms with Gasteiger partial charge in [0.15, 0.2) is 5.82 Å². The van der Waals surface area contributed by atoms with Crippen molar-refractivity contribution in [2.24, 2.45) is 0 Å². The molecular weight excluding hydrogens is 540 g/mol. The highest BCUT2D eigenvalue weighted by molar-refractivity contribution is 5.74. The number of fused-ring (bicyclic) bond motifs is 1. The van der Waals surface area contributed by atoms with Gasteiger partial charge < -0.3 is 21.3 Å². The number of rotatable bonds is 8. The van der Waals surface area contributed by atoms with Gasteiger partial charge in [-0.25, -0.2) is 23.5 Å². The van der Waals surface area contributed by atoms with Crippen LogP contribution < -0.4 is 21.3 Å². The number of carbonyl (C=O) groups is 1. The second kappa shape index (κ2) is 12.0. The fraction of sp³-hybridized carbons (Fsp3) is 0.500. The summed E-state index contributed by atoms with van der Waals surface area (Å²) in [6.07, 6.45) is 7.08. The first kappa shape index (κ1) is 28.0. The summed E-state index contributed by atoms with van der Waals surface area (Å²) in [6.45, 7) is 0.511. The average Bonchev–Trinajstić information content (AvgIpc) is 3.70. The molecule has 3 aromatic rings. The van der Waals surface area contributed by atoms with Crippen LogP contribution in [0.25, 0.3) is 0 Å². The molecule has 3 aliphatic rings. The van der Waals surface area contributed by atoms with Gasteiger partial charge in [-0.15, -0.1) is 0 Å². The number of nitrogens with zero attached hydrogens (tertiary/aromatic N) is 4. The Bertz CT molecular complexity index is 1460. The van der Waals surface area contributed by atoms with Crippen molar-refractivity contribution in [2.75, 3.05) is 5.32 Å². The molecule has 5 N–H and O–H groups in total. The number of carbonyl (C=O) groups excluding carboxylic acids is 1. The zero-order valence-electron chi connectivity index (χ0n) is 23.3. The first-order chi connectivity index (χ1) is 20.3. The molecule has 2 amide bonds. The van der Waals surface area contributed by atoms with Gasteiger partial charge in [0.2, 0.25) is 5.92 Å². The Balaban J connectivity index is 0.913. The molecule has 1 aromatic carbocycles. The van der Waals surface area contributed by atoms with E-state index in [1.807, 2.05) is 18.2 Å². The van der Waals surface area contributed by atoms with Crippen LogP contribution in [-0.4, -0.2) is 50.2 Å². The number of nitriles is 1. The van der Waals surface area contributed by atoms with Crippen LogP contribution >= 0.6 is 0 Å². The third kappa shape index (κ3) is 6.85. The SMILES string of the molecule is N#Cc1ccc2c(c1)C[C@H](NC(=O)NC1CCC(NCc3nccc(Nc4cc([C@@H]5CCC(F)(F)C5)[nH]n4)n3)CC1)C2. The molecule has 10 nitrogen and oxygen atoms in total. The second-order valence-electron chi connectivity index (χ2n) is 11.7. The fourth-order valence-electron chi connectivity index (χ4n) is 6.39. The Hall–Kier alpha value is -4.11. The number of alkyl halides is 2. The van der Waals surface area contributed by atoms with E-state index in [0.29, 0.717) is 47.7 Å². The smallest absolute Gasteiger partial charge is 0.315 e. The summed E-state index contributed by atoms with van der Waals surface area (Å²) < 4.78 is 27.2. The lowest BCUT2D eigenvalue weighted by Crippen LogP contribution is -2.48. The standard InChI is InChI=1S/C30H35F2N9O/c31-30(32)9-7-20(15-30)25-14-27(41-40-25)38-26-8-10-34-28(39-26)17-35-22-3-5-23(6-4-22)36-29(42)37-24-12-19-2-1-18(16-33)11-21(19)13-24/h1-2,8,10-11,14,20,22-24,35H,3-7,9,12-13,15,17H2,(H2,36,37,42)(H2,34,38,39,40,41)/t20-,22?,23?,24-/m1/s1.